The number of thiazole rings is 1. The Kier molecular flexibility index (Phi) is 3.30. The SMILES string of the molecule is NCC(CO)Cc1nc2ccccc2s1. The molecule has 0 radical (unpaired) electrons. The molecule has 1 aromatic heterocycles. The minimum atomic E-state index is 0.130. The Morgan fingerprint density at radius 1 is 1.40 bits per heavy atom. The second-order valence-corrected chi connectivity index (χ2v) is 4.68. The molecular weight excluding hydrogens is 208 g/mol. The second kappa shape index (κ2) is 4.70. The highest BCUT2D eigenvalue weighted by Crippen LogP contribution is 2.23. The smallest absolute Gasteiger partial charge is 0.0942 e. The zero-order valence-electron chi connectivity index (χ0n) is 8.39. The first kappa shape index (κ1) is 10.5. The third kappa shape index (κ3) is 2.34. The van der Waals surface area contributed by atoms with E-state index in [9.17, 15) is 0 Å². The van der Waals surface area contributed by atoms with Gasteiger partial charge in [0.05, 0.1) is 15.2 Å². The van der Waals surface area contributed by atoms with Gasteiger partial charge in [-0.1, -0.05) is 12.1 Å². The molecule has 15 heavy (non-hydrogen) atoms. The normalized spacial score (nSPS) is 13.2. The number of fused-ring (bicyclic) bond motifs is 1. The van der Waals surface area contributed by atoms with Crippen molar-refractivity contribution in [3.8, 4) is 0 Å². The van der Waals surface area contributed by atoms with Crippen LogP contribution in [0.15, 0.2) is 24.3 Å². The summed E-state index contributed by atoms with van der Waals surface area (Å²) in [5, 5.41) is 10.1. The summed E-state index contributed by atoms with van der Waals surface area (Å²) >= 11 is 1.68. The monoisotopic (exact) mass is 222 g/mol. The lowest BCUT2D eigenvalue weighted by Crippen LogP contribution is -2.20. The summed E-state index contributed by atoms with van der Waals surface area (Å²) in [6, 6.07) is 8.06. The third-order valence-electron chi connectivity index (χ3n) is 2.39. The summed E-state index contributed by atoms with van der Waals surface area (Å²) in [5.74, 6) is 0.130. The second-order valence-electron chi connectivity index (χ2n) is 3.56. The first-order valence-electron chi connectivity index (χ1n) is 4.99. The van der Waals surface area contributed by atoms with Gasteiger partial charge in [0.2, 0.25) is 0 Å². The maximum Gasteiger partial charge on any atom is 0.0942 e. The molecule has 0 fully saturated rings. The van der Waals surface area contributed by atoms with Crippen LogP contribution < -0.4 is 5.73 Å². The van der Waals surface area contributed by atoms with Crippen molar-refractivity contribution in [2.45, 2.75) is 6.42 Å². The van der Waals surface area contributed by atoms with Gasteiger partial charge in [-0.15, -0.1) is 11.3 Å². The molecule has 0 saturated heterocycles. The van der Waals surface area contributed by atoms with Gasteiger partial charge in [-0.3, -0.25) is 0 Å². The van der Waals surface area contributed by atoms with Crippen LogP contribution in [0.5, 0.6) is 0 Å². The molecule has 3 nitrogen and oxygen atoms in total. The molecule has 2 rings (SSSR count). The van der Waals surface area contributed by atoms with E-state index in [0.717, 1.165) is 16.9 Å². The summed E-state index contributed by atoms with van der Waals surface area (Å²) in [5.41, 5.74) is 6.58. The van der Waals surface area contributed by atoms with Crippen LogP contribution in [0.4, 0.5) is 0 Å². The van der Waals surface area contributed by atoms with Gasteiger partial charge in [-0.25, -0.2) is 4.98 Å². The molecule has 0 aliphatic rings. The molecule has 1 atom stereocenters. The largest absolute Gasteiger partial charge is 0.396 e. The molecule has 1 aromatic carbocycles. The van der Waals surface area contributed by atoms with Crippen molar-refractivity contribution in [1.82, 2.24) is 4.98 Å². The third-order valence-corrected chi connectivity index (χ3v) is 3.45. The fourth-order valence-corrected chi connectivity index (χ4v) is 2.56. The predicted molar refractivity (Wildman–Crippen MR) is 63.0 cm³/mol. The van der Waals surface area contributed by atoms with E-state index in [1.165, 1.54) is 4.70 Å². The molecule has 0 bridgehead atoms. The van der Waals surface area contributed by atoms with E-state index < -0.39 is 0 Å². The Morgan fingerprint density at radius 2 is 2.20 bits per heavy atom. The molecule has 0 aliphatic heterocycles. The molecule has 3 N–H and O–H groups in total. The van der Waals surface area contributed by atoms with Gasteiger partial charge in [0.1, 0.15) is 0 Å². The van der Waals surface area contributed by atoms with E-state index in [1.807, 2.05) is 18.2 Å². The van der Waals surface area contributed by atoms with Crippen LogP contribution in [0.2, 0.25) is 0 Å². The van der Waals surface area contributed by atoms with E-state index in [1.54, 1.807) is 11.3 Å². The Bertz CT molecular complexity index is 404. The minimum Gasteiger partial charge on any atom is -0.396 e. The van der Waals surface area contributed by atoms with Crippen molar-refractivity contribution in [2.24, 2.45) is 11.7 Å². The average Bonchev–Trinajstić information content (AvgIpc) is 2.68. The number of aromatic nitrogens is 1. The van der Waals surface area contributed by atoms with Gasteiger partial charge in [-0.2, -0.15) is 0 Å². The van der Waals surface area contributed by atoms with Crippen LogP contribution in [0.25, 0.3) is 10.2 Å². The van der Waals surface area contributed by atoms with Gasteiger partial charge in [0.25, 0.3) is 0 Å². The van der Waals surface area contributed by atoms with Crippen LogP contribution in [-0.2, 0) is 6.42 Å². The Morgan fingerprint density at radius 3 is 2.87 bits per heavy atom. The Labute approximate surface area is 92.6 Å². The number of benzene rings is 1. The zero-order valence-corrected chi connectivity index (χ0v) is 9.20. The first-order valence-corrected chi connectivity index (χ1v) is 5.80. The lowest BCUT2D eigenvalue weighted by molar-refractivity contribution is 0.230. The maximum atomic E-state index is 9.06. The van der Waals surface area contributed by atoms with Crippen molar-refractivity contribution < 1.29 is 5.11 Å². The quantitative estimate of drug-likeness (QED) is 0.822. The number of nitrogens with zero attached hydrogens (tertiary/aromatic N) is 1. The maximum absolute atomic E-state index is 9.06. The summed E-state index contributed by atoms with van der Waals surface area (Å²) in [6.45, 7) is 0.638. The summed E-state index contributed by atoms with van der Waals surface area (Å²) in [4.78, 5) is 4.50. The first-order chi connectivity index (χ1) is 7.33. The van der Waals surface area contributed by atoms with E-state index >= 15 is 0 Å². The number of hydrogen-bond acceptors (Lipinski definition) is 4. The van der Waals surface area contributed by atoms with Crippen LogP contribution >= 0.6 is 11.3 Å². The number of aliphatic hydroxyl groups excluding tert-OH is 1. The van der Waals surface area contributed by atoms with Crippen molar-refractivity contribution in [3.63, 3.8) is 0 Å². The lowest BCUT2D eigenvalue weighted by atomic mass is 10.1. The van der Waals surface area contributed by atoms with E-state index in [4.69, 9.17) is 10.8 Å². The van der Waals surface area contributed by atoms with Crippen molar-refractivity contribution in [2.75, 3.05) is 13.2 Å². The van der Waals surface area contributed by atoms with Crippen LogP contribution in [-0.4, -0.2) is 23.2 Å². The average molecular weight is 222 g/mol. The minimum absolute atomic E-state index is 0.130. The summed E-state index contributed by atoms with van der Waals surface area (Å²) in [6.07, 6.45) is 0.770. The van der Waals surface area contributed by atoms with Gasteiger partial charge in [0, 0.05) is 18.9 Å². The molecule has 80 valence electrons. The molecule has 0 spiro atoms. The Balaban J connectivity index is 2.21. The van der Waals surface area contributed by atoms with Crippen LogP contribution in [0, 0.1) is 5.92 Å². The Hall–Kier alpha value is -0.970. The predicted octanol–water partition coefficient (Wildman–Crippen LogP) is 1.41. The van der Waals surface area contributed by atoms with E-state index in [-0.39, 0.29) is 12.5 Å². The topological polar surface area (TPSA) is 59.1 Å². The van der Waals surface area contributed by atoms with Gasteiger partial charge in [-0.05, 0) is 18.7 Å². The molecule has 0 amide bonds. The number of hydrogen-bond donors (Lipinski definition) is 2. The van der Waals surface area contributed by atoms with Crippen molar-refractivity contribution in [1.29, 1.82) is 0 Å². The van der Waals surface area contributed by atoms with Crippen molar-refractivity contribution >= 4 is 21.6 Å². The summed E-state index contributed by atoms with van der Waals surface area (Å²) < 4.78 is 1.20. The standard InChI is InChI=1S/C11H14N2OS/c12-6-8(7-14)5-11-13-9-3-1-2-4-10(9)15-11/h1-4,8,14H,5-7,12H2. The highest BCUT2D eigenvalue weighted by atomic mass is 32.1. The van der Waals surface area contributed by atoms with E-state index in [0.29, 0.717) is 6.54 Å². The highest BCUT2D eigenvalue weighted by molar-refractivity contribution is 7.18. The van der Waals surface area contributed by atoms with Crippen molar-refractivity contribution in [3.05, 3.63) is 29.3 Å². The van der Waals surface area contributed by atoms with E-state index in [2.05, 4.69) is 11.1 Å². The summed E-state index contributed by atoms with van der Waals surface area (Å²) in [7, 11) is 0. The number of nitrogens with two attached hydrogens (primary N) is 1. The molecule has 1 heterocycles. The van der Waals surface area contributed by atoms with Gasteiger partial charge >= 0.3 is 0 Å². The molecule has 1 unspecified atom stereocenters. The molecule has 0 saturated carbocycles. The number of rotatable bonds is 4. The molecule has 2 aromatic rings. The van der Waals surface area contributed by atoms with Gasteiger partial charge in [0.15, 0.2) is 0 Å². The van der Waals surface area contributed by atoms with Gasteiger partial charge < -0.3 is 10.8 Å². The fraction of sp³-hybridized carbons (Fsp3) is 0.364. The highest BCUT2D eigenvalue weighted by Gasteiger charge is 2.10. The zero-order chi connectivity index (χ0) is 10.7. The lowest BCUT2D eigenvalue weighted by Gasteiger charge is -2.07. The van der Waals surface area contributed by atoms with Crippen LogP contribution in [0.1, 0.15) is 5.01 Å². The molecule has 0 aliphatic carbocycles. The molecular formula is C11H14N2OS. The number of aliphatic hydroxyl groups is 1. The van der Waals surface area contributed by atoms with Crippen LogP contribution in [0.3, 0.4) is 0 Å². The fourth-order valence-electron chi connectivity index (χ4n) is 1.48. The molecule has 4 heteroatoms. The number of para-hydroxylation sites is 1.